The molecule has 2 aromatic carbocycles. The van der Waals surface area contributed by atoms with Crippen LogP contribution in [-0.2, 0) is 84.1 Å². The van der Waals surface area contributed by atoms with Gasteiger partial charge in [-0.1, -0.05) is 30.4 Å². The number of amides is 2. The molecule has 24 heteroatoms. The van der Waals surface area contributed by atoms with Crippen LogP contribution < -0.4 is 4.90 Å². The number of allylic oxidation sites excluding steroid dienone is 8. The van der Waals surface area contributed by atoms with E-state index in [1.54, 1.807) is 56.6 Å². The van der Waals surface area contributed by atoms with E-state index in [-0.39, 0.29) is 83.2 Å². The normalized spacial score (nSPS) is 20.2. The first kappa shape index (κ1) is 56.9. The first-order chi connectivity index (χ1) is 33.5. The third-order valence-electron chi connectivity index (χ3n) is 12.2. The number of hydrogen-bond acceptors (Lipinski definition) is 19. The zero-order chi connectivity index (χ0) is 52.0. The second kappa shape index (κ2) is 25.1. The molecule has 5 rings (SSSR count). The molecule has 2 unspecified atom stereocenters. The van der Waals surface area contributed by atoms with E-state index >= 15 is 0 Å². The third-order valence-corrected chi connectivity index (χ3v) is 14.6. The van der Waals surface area contributed by atoms with Crippen molar-refractivity contribution in [1.29, 1.82) is 0 Å². The van der Waals surface area contributed by atoms with E-state index in [0.29, 0.717) is 59.4 Å². The van der Waals surface area contributed by atoms with E-state index in [0.717, 1.165) is 5.70 Å². The summed E-state index contributed by atoms with van der Waals surface area (Å²) >= 11 is 0. The minimum Gasteiger partial charge on any atom is -0.748 e. The fraction of sp³-hybridized carbons (Fsp3) is 0.489. The van der Waals surface area contributed by atoms with Gasteiger partial charge in [0, 0.05) is 80.5 Å². The van der Waals surface area contributed by atoms with Gasteiger partial charge in [0.15, 0.2) is 12.3 Å². The molecule has 3 heterocycles. The van der Waals surface area contributed by atoms with Gasteiger partial charge in [0.05, 0.1) is 71.4 Å². The quantitative estimate of drug-likeness (QED) is 0.0371. The predicted octanol–water partition coefficient (Wildman–Crippen LogP) is 3.24. The Hall–Kier alpha value is -4.99. The van der Waals surface area contributed by atoms with Crippen LogP contribution in [0.2, 0.25) is 0 Å². The highest BCUT2D eigenvalue weighted by atomic mass is 32.2. The highest BCUT2D eigenvalue weighted by molar-refractivity contribution is 7.86. The second-order valence-electron chi connectivity index (χ2n) is 17.0. The highest BCUT2D eigenvalue weighted by Crippen LogP contribution is 2.51. The first-order valence-electron chi connectivity index (χ1n) is 22.6. The number of methoxy groups -OCH3 is 2. The number of carbonyl (C=O) groups is 3. The Balaban J connectivity index is 1.28. The molecule has 2 aromatic rings. The minimum absolute atomic E-state index is 0.000886. The van der Waals surface area contributed by atoms with Crippen LogP contribution in [0.5, 0.6) is 0 Å². The summed E-state index contributed by atoms with van der Waals surface area (Å²) in [6, 6.07) is 8.30. The number of imide groups is 1. The Bertz CT molecular complexity index is 2750. The van der Waals surface area contributed by atoms with Gasteiger partial charge in [0.1, 0.15) is 26.8 Å². The van der Waals surface area contributed by atoms with Gasteiger partial charge in [-0.25, -0.2) is 30.0 Å². The summed E-state index contributed by atoms with van der Waals surface area (Å²) in [5, 5.41) is 0.479. The van der Waals surface area contributed by atoms with Crippen LogP contribution in [0.1, 0.15) is 63.5 Å². The third kappa shape index (κ3) is 15.0. The number of ether oxygens (including phenoxy) is 5. The van der Waals surface area contributed by atoms with Crippen molar-refractivity contribution >= 4 is 65.2 Å². The SMILES string of the molecule is COCC[N+]1=C(/C=C/C=C/C=C/C=C2/N(CCOCCOCCOCCC(=O)ON3C(=O)CCC3=O)c3ccc(S(=O)(=O)[O-])cc3C2(C)CCOC)C(C)(CCCS(=O)(=O)[O-])c2cc(S(=O)(=O)[O-])ccc21. The molecule has 0 saturated carbocycles. The molecule has 71 heavy (non-hydrogen) atoms. The molecule has 2 amide bonds. The van der Waals surface area contributed by atoms with Gasteiger partial charge >= 0.3 is 5.97 Å². The lowest BCUT2D eigenvalue weighted by molar-refractivity contribution is -0.441. The fourth-order valence-electron chi connectivity index (χ4n) is 8.62. The number of rotatable bonds is 29. The summed E-state index contributed by atoms with van der Waals surface area (Å²) in [5.74, 6) is -2.54. The van der Waals surface area contributed by atoms with Crippen LogP contribution in [0.15, 0.2) is 94.4 Å². The number of hydrogen-bond donors (Lipinski definition) is 0. The largest absolute Gasteiger partial charge is 0.748 e. The maximum Gasteiger partial charge on any atom is 0.335 e. The van der Waals surface area contributed by atoms with Crippen molar-refractivity contribution in [2.45, 2.75) is 73.0 Å². The van der Waals surface area contributed by atoms with Gasteiger partial charge < -0.3 is 47.1 Å². The molecule has 0 N–H and O–H groups in total. The standard InChI is InChI=1S/C47H61N3O18S3/c1-46(20-10-32-69(54,55)56)37-33-35(70(57,58)59)13-15-39(37)48(22-26-64-4)41(46)11-8-6-5-7-9-12-42-47(2,21-25-63-3)38-34-36(71(60,61)62)14-16-40(38)49(42)23-27-66-29-31-67-30-28-65-24-19-45(53)68-50-43(51)17-18-44(50)52/h5-9,11-16,33-34H,10,17-32H2,1-4H3,(H2-,54,55,56,57,58,59,60,61,62)/p-2. The molecular weight excluding hydrogens is 991 g/mol. The highest BCUT2D eigenvalue weighted by Gasteiger charge is 2.48. The van der Waals surface area contributed by atoms with E-state index in [9.17, 15) is 53.3 Å². The lowest BCUT2D eigenvalue weighted by Gasteiger charge is -2.30. The van der Waals surface area contributed by atoms with Gasteiger partial charge in [0.25, 0.3) is 11.8 Å². The molecule has 390 valence electrons. The van der Waals surface area contributed by atoms with Gasteiger partial charge in [-0.3, -0.25) is 9.59 Å². The molecule has 0 aliphatic carbocycles. The average Bonchev–Trinajstić information content (AvgIpc) is 3.83. The van der Waals surface area contributed by atoms with Gasteiger partial charge in [0.2, 0.25) is 5.69 Å². The number of fused-ring (bicyclic) bond motifs is 2. The van der Waals surface area contributed by atoms with Crippen LogP contribution in [0.25, 0.3) is 0 Å². The molecular formula is C47H59N3O18S3-2. The Morgan fingerprint density at radius 3 is 1.90 bits per heavy atom. The molecule has 0 radical (unpaired) electrons. The van der Waals surface area contributed by atoms with Crippen molar-refractivity contribution < 1.29 is 86.4 Å². The van der Waals surface area contributed by atoms with E-state index in [4.69, 9.17) is 28.5 Å². The molecule has 1 saturated heterocycles. The van der Waals surface area contributed by atoms with Crippen LogP contribution in [0, 0.1) is 0 Å². The van der Waals surface area contributed by atoms with Crippen molar-refractivity contribution in [3.05, 3.63) is 95.8 Å². The van der Waals surface area contributed by atoms with E-state index in [1.807, 2.05) is 22.5 Å². The second-order valence-corrected chi connectivity index (χ2v) is 21.3. The zero-order valence-corrected chi connectivity index (χ0v) is 42.4. The average molecular weight is 1050 g/mol. The summed E-state index contributed by atoms with van der Waals surface area (Å²) in [5.41, 5.74) is 1.99. The molecule has 0 bridgehead atoms. The maximum atomic E-state index is 12.2. The molecule has 1 fully saturated rings. The summed E-state index contributed by atoms with van der Waals surface area (Å²) in [7, 11) is -11.1. The Morgan fingerprint density at radius 1 is 0.704 bits per heavy atom. The molecule has 3 aliphatic rings. The van der Waals surface area contributed by atoms with Crippen LogP contribution in [-0.4, -0.2) is 158 Å². The molecule has 2 atom stereocenters. The van der Waals surface area contributed by atoms with Crippen molar-refractivity contribution in [2.75, 3.05) is 90.8 Å². The van der Waals surface area contributed by atoms with Crippen molar-refractivity contribution in [1.82, 2.24) is 5.06 Å². The summed E-state index contributed by atoms with van der Waals surface area (Å²) in [4.78, 5) is 41.1. The maximum absolute atomic E-state index is 12.2. The van der Waals surface area contributed by atoms with Gasteiger partial charge in [-0.2, -0.15) is 4.58 Å². The Morgan fingerprint density at radius 2 is 1.28 bits per heavy atom. The lowest BCUT2D eigenvalue weighted by Crippen LogP contribution is -2.32. The van der Waals surface area contributed by atoms with Crippen LogP contribution in [0.3, 0.4) is 0 Å². The molecule has 21 nitrogen and oxygen atoms in total. The number of hydroxylamine groups is 2. The van der Waals surface area contributed by atoms with Gasteiger partial charge in [-0.15, -0.1) is 5.06 Å². The van der Waals surface area contributed by atoms with Gasteiger partial charge in [-0.05, 0) is 75.1 Å². The van der Waals surface area contributed by atoms with E-state index in [1.165, 1.54) is 37.4 Å². The van der Waals surface area contributed by atoms with Crippen molar-refractivity contribution in [3.63, 3.8) is 0 Å². The summed E-state index contributed by atoms with van der Waals surface area (Å²) in [6.07, 6.45) is 12.8. The monoisotopic (exact) mass is 1050 g/mol. The predicted molar refractivity (Wildman–Crippen MR) is 253 cm³/mol. The number of nitrogens with zero attached hydrogens (tertiary/aromatic N) is 3. The lowest BCUT2D eigenvalue weighted by atomic mass is 9.76. The van der Waals surface area contributed by atoms with Crippen molar-refractivity contribution in [2.24, 2.45) is 0 Å². The fourth-order valence-corrected chi connectivity index (χ4v) is 10.1. The van der Waals surface area contributed by atoms with Crippen LogP contribution >= 0.6 is 0 Å². The van der Waals surface area contributed by atoms with E-state index < -0.39 is 69.6 Å². The first-order valence-corrected chi connectivity index (χ1v) is 27.0. The topological polar surface area (TPSA) is 288 Å². The van der Waals surface area contributed by atoms with Crippen molar-refractivity contribution in [3.8, 4) is 0 Å². The summed E-state index contributed by atoms with van der Waals surface area (Å²) < 4.78 is 137. The Labute approximate surface area is 414 Å². The smallest absolute Gasteiger partial charge is 0.335 e. The summed E-state index contributed by atoms with van der Waals surface area (Å²) in [6.45, 7) is 5.98. The van der Waals surface area contributed by atoms with Crippen LogP contribution in [0.4, 0.5) is 11.4 Å². The molecule has 0 spiro atoms. The number of benzene rings is 2. The molecule has 3 aliphatic heterocycles. The van der Waals surface area contributed by atoms with E-state index in [2.05, 4.69) is 0 Å². The Kier molecular flexibility index (Phi) is 20.1. The minimum atomic E-state index is -4.84. The molecule has 0 aromatic heterocycles. The number of carbonyl (C=O) groups excluding carboxylic acids is 3. The number of anilines is 1. The zero-order valence-electron chi connectivity index (χ0n) is 39.9.